The van der Waals surface area contributed by atoms with Gasteiger partial charge in [-0.1, -0.05) is 60.2 Å². The predicted molar refractivity (Wildman–Crippen MR) is 104 cm³/mol. The van der Waals surface area contributed by atoms with E-state index in [0.717, 1.165) is 16.7 Å². The summed E-state index contributed by atoms with van der Waals surface area (Å²) in [6, 6.07) is 16.1. The van der Waals surface area contributed by atoms with Gasteiger partial charge < -0.3 is 19.9 Å². The van der Waals surface area contributed by atoms with Gasteiger partial charge >= 0.3 is 5.97 Å². The number of hydrogen-bond acceptors (Lipinski definition) is 4. The van der Waals surface area contributed by atoms with Gasteiger partial charge in [-0.05, 0) is 18.6 Å². The number of benzene rings is 2. The molecule has 2 atom stereocenters. The Morgan fingerprint density at radius 1 is 1.18 bits per heavy atom. The van der Waals surface area contributed by atoms with Gasteiger partial charge in [-0.25, -0.2) is 4.79 Å². The number of aryl methyl sites for hydroxylation is 1. The molecule has 1 aliphatic heterocycles. The SMILES string of the molecule is Cc1ccc(C2=CCC(C(=O)NC(COCc3ccccc3)C(=O)O)O2)cc1. The van der Waals surface area contributed by atoms with Crippen molar-refractivity contribution in [3.63, 3.8) is 0 Å². The number of carbonyl (C=O) groups excluding carboxylic acids is 1. The molecule has 0 aromatic heterocycles. The van der Waals surface area contributed by atoms with Gasteiger partial charge in [0.15, 0.2) is 12.1 Å². The summed E-state index contributed by atoms with van der Waals surface area (Å²) in [5, 5.41) is 11.9. The summed E-state index contributed by atoms with van der Waals surface area (Å²) in [7, 11) is 0. The number of hydrogen-bond donors (Lipinski definition) is 2. The molecule has 1 heterocycles. The highest BCUT2D eigenvalue weighted by atomic mass is 16.5. The predicted octanol–water partition coefficient (Wildman–Crippen LogP) is 2.91. The van der Waals surface area contributed by atoms with Gasteiger partial charge in [0.2, 0.25) is 0 Å². The third-order valence-corrected chi connectivity index (χ3v) is 4.43. The molecule has 1 aliphatic rings. The fraction of sp³-hybridized carbons (Fsp3) is 0.273. The summed E-state index contributed by atoms with van der Waals surface area (Å²) >= 11 is 0. The maximum absolute atomic E-state index is 12.4. The van der Waals surface area contributed by atoms with E-state index in [1.807, 2.05) is 67.6 Å². The van der Waals surface area contributed by atoms with Crippen molar-refractivity contribution in [1.82, 2.24) is 5.32 Å². The van der Waals surface area contributed by atoms with E-state index in [9.17, 15) is 14.7 Å². The Labute approximate surface area is 163 Å². The Hall–Kier alpha value is -3.12. The Bertz CT molecular complexity index is 845. The maximum atomic E-state index is 12.4. The van der Waals surface area contributed by atoms with Crippen LogP contribution in [-0.2, 0) is 25.7 Å². The molecule has 6 heteroatoms. The molecule has 0 spiro atoms. The van der Waals surface area contributed by atoms with Crippen LogP contribution in [0.25, 0.3) is 5.76 Å². The van der Waals surface area contributed by atoms with E-state index < -0.39 is 24.0 Å². The molecule has 2 unspecified atom stereocenters. The minimum absolute atomic E-state index is 0.124. The van der Waals surface area contributed by atoms with Gasteiger partial charge in [-0.3, -0.25) is 4.79 Å². The molecule has 0 saturated heterocycles. The molecule has 6 nitrogen and oxygen atoms in total. The average molecular weight is 381 g/mol. The van der Waals surface area contributed by atoms with Gasteiger partial charge in [-0.15, -0.1) is 0 Å². The van der Waals surface area contributed by atoms with E-state index in [2.05, 4.69) is 5.32 Å². The minimum atomic E-state index is -1.15. The van der Waals surface area contributed by atoms with Crippen molar-refractivity contribution in [3.8, 4) is 0 Å². The van der Waals surface area contributed by atoms with Crippen LogP contribution in [0, 0.1) is 6.92 Å². The zero-order valence-corrected chi connectivity index (χ0v) is 15.6. The molecule has 2 aromatic rings. The highest BCUT2D eigenvalue weighted by molar-refractivity contribution is 5.88. The Kier molecular flexibility index (Phi) is 6.45. The van der Waals surface area contributed by atoms with Crippen molar-refractivity contribution in [3.05, 3.63) is 77.4 Å². The van der Waals surface area contributed by atoms with Crippen LogP contribution in [-0.4, -0.2) is 35.7 Å². The van der Waals surface area contributed by atoms with E-state index in [1.54, 1.807) is 0 Å². The van der Waals surface area contributed by atoms with Crippen molar-refractivity contribution in [2.45, 2.75) is 32.1 Å². The lowest BCUT2D eigenvalue weighted by Gasteiger charge is -2.18. The second-order valence-corrected chi connectivity index (χ2v) is 6.68. The number of amides is 1. The largest absolute Gasteiger partial charge is 0.480 e. The van der Waals surface area contributed by atoms with Crippen molar-refractivity contribution < 1.29 is 24.2 Å². The zero-order chi connectivity index (χ0) is 19.9. The summed E-state index contributed by atoms with van der Waals surface area (Å²) in [5.74, 6) is -0.979. The van der Waals surface area contributed by atoms with E-state index in [0.29, 0.717) is 12.2 Å². The van der Waals surface area contributed by atoms with Gasteiger partial charge in [0, 0.05) is 12.0 Å². The average Bonchev–Trinajstić information content (AvgIpc) is 3.19. The first-order valence-electron chi connectivity index (χ1n) is 9.11. The third kappa shape index (κ3) is 5.20. The van der Waals surface area contributed by atoms with Gasteiger partial charge in [0.05, 0.1) is 13.2 Å². The maximum Gasteiger partial charge on any atom is 0.328 e. The molecule has 146 valence electrons. The highest BCUT2D eigenvalue weighted by Crippen LogP contribution is 2.26. The van der Waals surface area contributed by atoms with E-state index >= 15 is 0 Å². The summed E-state index contributed by atoms with van der Waals surface area (Å²) in [6.45, 7) is 2.15. The second-order valence-electron chi connectivity index (χ2n) is 6.68. The molecule has 2 aromatic carbocycles. The highest BCUT2D eigenvalue weighted by Gasteiger charge is 2.30. The third-order valence-electron chi connectivity index (χ3n) is 4.43. The molecule has 0 radical (unpaired) electrons. The fourth-order valence-electron chi connectivity index (χ4n) is 2.84. The summed E-state index contributed by atoms with van der Waals surface area (Å²) in [5.41, 5.74) is 2.96. The molecule has 0 saturated carbocycles. The minimum Gasteiger partial charge on any atom is -0.480 e. The first kappa shape index (κ1) is 19.6. The first-order valence-corrected chi connectivity index (χ1v) is 9.11. The fourth-order valence-corrected chi connectivity index (χ4v) is 2.84. The summed E-state index contributed by atoms with van der Waals surface area (Å²) in [4.78, 5) is 23.9. The van der Waals surface area contributed by atoms with Crippen LogP contribution in [0.5, 0.6) is 0 Å². The van der Waals surface area contributed by atoms with Crippen LogP contribution in [0.4, 0.5) is 0 Å². The number of nitrogens with one attached hydrogen (secondary N) is 1. The lowest BCUT2D eigenvalue weighted by atomic mass is 10.1. The van der Waals surface area contributed by atoms with Gasteiger partial charge in [-0.2, -0.15) is 0 Å². The number of carboxylic acid groups (broad SMARTS) is 1. The quantitative estimate of drug-likeness (QED) is 0.734. The van der Waals surface area contributed by atoms with Crippen LogP contribution in [0.3, 0.4) is 0 Å². The molecule has 2 N–H and O–H groups in total. The Balaban J connectivity index is 1.50. The van der Waals surface area contributed by atoms with E-state index in [-0.39, 0.29) is 13.2 Å². The van der Waals surface area contributed by atoms with Crippen LogP contribution in [0.2, 0.25) is 0 Å². The molecular formula is C22H23NO5. The van der Waals surface area contributed by atoms with Crippen molar-refractivity contribution >= 4 is 17.6 Å². The number of rotatable bonds is 8. The van der Waals surface area contributed by atoms with E-state index in [1.165, 1.54) is 0 Å². The van der Waals surface area contributed by atoms with Crippen LogP contribution >= 0.6 is 0 Å². The standard InChI is InChI=1S/C22H23NO5/c1-15-7-9-17(10-8-15)19-11-12-20(28-19)21(24)23-18(22(25)26)14-27-13-16-5-3-2-4-6-16/h2-11,18,20H,12-14H2,1H3,(H,23,24)(H,25,26). The lowest BCUT2D eigenvalue weighted by Crippen LogP contribution is -2.47. The molecule has 0 aliphatic carbocycles. The van der Waals surface area contributed by atoms with E-state index in [4.69, 9.17) is 9.47 Å². The molecule has 1 amide bonds. The molecule has 28 heavy (non-hydrogen) atoms. The monoisotopic (exact) mass is 381 g/mol. The Morgan fingerprint density at radius 2 is 1.89 bits per heavy atom. The number of carboxylic acids is 1. The van der Waals surface area contributed by atoms with Gasteiger partial charge in [0.25, 0.3) is 5.91 Å². The smallest absolute Gasteiger partial charge is 0.328 e. The summed E-state index contributed by atoms with van der Waals surface area (Å²) < 4.78 is 11.2. The number of ether oxygens (including phenoxy) is 2. The second kappa shape index (κ2) is 9.19. The Morgan fingerprint density at radius 3 is 2.57 bits per heavy atom. The zero-order valence-electron chi connectivity index (χ0n) is 15.6. The van der Waals surface area contributed by atoms with Crippen LogP contribution < -0.4 is 5.32 Å². The van der Waals surface area contributed by atoms with Crippen molar-refractivity contribution in [2.24, 2.45) is 0 Å². The lowest BCUT2D eigenvalue weighted by molar-refractivity contribution is -0.145. The van der Waals surface area contributed by atoms with Crippen molar-refractivity contribution in [1.29, 1.82) is 0 Å². The molecule has 3 rings (SSSR count). The number of aliphatic carboxylic acids is 1. The van der Waals surface area contributed by atoms with Crippen molar-refractivity contribution in [2.75, 3.05) is 6.61 Å². The van der Waals surface area contributed by atoms with Gasteiger partial charge in [0.1, 0.15) is 5.76 Å². The number of carbonyl (C=O) groups is 2. The van der Waals surface area contributed by atoms with Crippen LogP contribution in [0.1, 0.15) is 23.1 Å². The molecule has 0 bridgehead atoms. The molecular weight excluding hydrogens is 358 g/mol. The first-order chi connectivity index (χ1) is 13.5. The molecule has 0 fully saturated rings. The normalized spacial score (nSPS) is 16.8. The van der Waals surface area contributed by atoms with Crippen LogP contribution in [0.15, 0.2) is 60.7 Å². The topological polar surface area (TPSA) is 84.9 Å². The summed E-state index contributed by atoms with van der Waals surface area (Å²) in [6.07, 6.45) is 1.50.